The van der Waals surface area contributed by atoms with Crippen LogP contribution in [0.3, 0.4) is 0 Å². The first kappa shape index (κ1) is 57.5. The average molecular weight is 1120 g/mol. The number of hydrogen-bond acceptors (Lipinski definition) is 16. The Morgan fingerprint density at radius 3 is 1.93 bits per heavy atom. The second-order valence-electron chi connectivity index (χ2n) is 19.8. The van der Waals surface area contributed by atoms with Gasteiger partial charge in [0, 0.05) is 23.7 Å². The van der Waals surface area contributed by atoms with E-state index in [2.05, 4.69) is 38.8 Å². The van der Waals surface area contributed by atoms with Crippen LogP contribution in [-0.4, -0.2) is 96.7 Å². The molecule has 0 saturated carbocycles. The number of halogens is 1. The number of primary amides is 1. The molecule has 422 valence electrons. The first-order valence-corrected chi connectivity index (χ1v) is 26.3. The maximum atomic E-state index is 15.3. The number of amides is 7. The zero-order valence-corrected chi connectivity index (χ0v) is 43.9. The van der Waals surface area contributed by atoms with Gasteiger partial charge in [0.05, 0.1) is 11.4 Å². The zero-order chi connectivity index (χ0) is 57.5. The number of aliphatic hydroxyl groups excluding tert-OH is 2. The number of benzene rings is 5. The molecule has 10 rings (SSSR count). The molecule has 0 radical (unpaired) electrons. The maximum absolute atomic E-state index is 15.3. The number of fused-ring (bicyclic) bond motifs is 15. The van der Waals surface area contributed by atoms with Gasteiger partial charge in [-0.1, -0.05) is 87.7 Å². The highest BCUT2D eigenvalue weighted by Crippen LogP contribution is 2.47. The summed E-state index contributed by atoms with van der Waals surface area (Å²) in [6.07, 6.45) is 3.11. The number of rotatable bonds is 12. The third-order valence-corrected chi connectivity index (χ3v) is 14.3. The predicted molar refractivity (Wildman–Crippen MR) is 287 cm³/mol. The summed E-state index contributed by atoms with van der Waals surface area (Å²) in [6, 6.07) is 5.32. The van der Waals surface area contributed by atoms with Crippen LogP contribution in [0.5, 0.6) is 46.0 Å². The fourth-order valence-electron chi connectivity index (χ4n) is 9.68. The van der Waals surface area contributed by atoms with Crippen molar-refractivity contribution in [1.29, 1.82) is 0 Å². The van der Waals surface area contributed by atoms with Gasteiger partial charge in [-0.2, -0.15) is 0 Å². The quantitative estimate of drug-likeness (QED) is 0.0781. The van der Waals surface area contributed by atoms with Crippen LogP contribution in [0.1, 0.15) is 123 Å². The van der Waals surface area contributed by atoms with Crippen molar-refractivity contribution in [1.82, 2.24) is 31.9 Å². The van der Waals surface area contributed by atoms with E-state index in [9.17, 15) is 54.6 Å². The summed E-state index contributed by atoms with van der Waals surface area (Å²) < 4.78 is 12.2. The van der Waals surface area contributed by atoms with E-state index in [0.717, 1.165) is 75.3 Å². The summed E-state index contributed by atoms with van der Waals surface area (Å²) in [4.78, 5) is 100. The smallest absolute Gasteiger partial charge is 0.248 e. The number of unbranched alkanes of at least 4 members (excludes halogenated alkanes) is 7. The molecule has 0 unspecified atom stereocenters. The van der Waals surface area contributed by atoms with Gasteiger partial charge in [0.2, 0.25) is 47.1 Å². The Morgan fingerprint density at radius 2 is 1.24 bits per heavy atom. The number of nitrogens with one attached hydrogen (secondary N) is 6. The molecule has 5 aliphatic rings. The number of ether oxygens (including phenoxy) is 2. The number of carbonyl (C=O) groups is 7. The van der Waals surface area contributed by atoms with Crippen molar-refractivity contribution in [2.45, 2.75) is 113 Å². The molecule has 5 heterocycles. The minimum absolute atomic E-state index is 0.00409. The number of aliphatic hydroxyl groups is 2. The Kier molecular flexibility index (Phi) is 18.0. The van der Waals surface area contributed by atoms with E-state index in [1.54, 1.807) is 0 Å². The number of nitrogens with two attached hydrogens (primary N) is 2. The molecule has 0 aliphatic carbocycles. The monoisotopic (exact) mass is 1120 g/mol. The summed E-state index contributed by atoms with van der Waals surface area (Å²) in [5.74, 6) is -11.5. The largest absolute Gasteiger partial charge is 0.508 e. The van der Waals surface area contributed by atoms with Crippen LogP contribution in [0.2, 0.25) is 5.02 Å². The molecule has 24 heteroatoms. The van der Waals surface area contributed by atoms with E-state index in [0.29, 0.717) is 6.42 Å². The van der Waals surface area contributed by atoms with Gasteiger partial charge in [-0.3, -0.25) is 33.6 Å². The Hall–Kier alpha value is -8.64. The van der Waals surface area contributed by atoms with Crippen LogP contribution in [0.25, 0.3) is 11.1 Å². The van der Waals surface area contributed by atoms with E-state index >= 15 is 9.59 Å². The minimum atomic E-state index is -2.05. The Morgan fingerprint density at radius 1 is 0.613 bits per heavy atom. The lowest BCUT2D eigenvalue weighted by atomic mass is 9.89. The standard InChI is InChI=1S/C56H61ClN8O15/c1-2-3-4-5-6-7-8-9-18-60-53(75)46-33-23-30(66)24-37(68)42(33)32-19-27(12-16-36(32)67)44-54(76)65-47(56(78)64-46)49(71)26-10-14-31(15-11-26)79-39-21-29-22-40(50(39)72)80-38-17-13-28(20-34(38)57)48(70)43(59)52(74)61-35(25-41(58)69)51(73)62-45(29)55(77)63-44/h10-17,19-24,35,43-49,66-68,70-72H,2-9,18,25,59H2,1H3,(H2,58,69)(H,60,75)(H,61,74)(H,62,73)(H,63,77)(H,64,78)(H,65,76)/t35-,43+,44+,45+,46-,47-,48+,49+/m0/s1. The van der Waals surface area contributed by atoms with Crippen LogP contribution in [0, 0.1) is 0 Å². The SMILES string of the molecule is CCCCCCCCCCNC(=O)[C@H]1NC(=O)[C@H]2NC(=O)[C@H](NC(=O)[C@@H]3NC(=O)[C@H](CC(N)=O)NC(=O)[C@H](N)[C@H](O)c4ccc(c(Cl)c4)Oc4cc3cc(c4O)Oc3ccc(cc3)[C@H]2O)c2ccc(O)c(c2)-c2c(O)cc(O)cc21. The average Bonchev–Trinajstić information content (AvgIpc) is 3.42. The van der Waals surface area contributed by atoms with Crippen molar-refractivity contribution in [2.24, 2.45) is 11.5 Å². The molecule has 0 spiro atoms. The summed E-state index contributed by atoms with van der Waals surface area (Å²) >= 11 is 6.63. The van der Waals surface area contributed by atoms with Gasteiger partial charge < -0.3 is 83.5 Å². The van der Waals surface area contributed by atoms with Crippen molar-refractivity contribution in [2.75, 3.05) is 6.54 Å². The number of phenols is 4. The van der Waals surface area contributed by atoms with Crippen molar-refractivity contribution in [3.05, 3.63) is 118 Å². The summed E-state index contributed by atoms with van der Waals surface area (Å²) in [5.41, 5.74) is 10.5. The van der Waals surface area contributed by atoms with Crippen LogP contribution in [0.15, 0.2) is 84.9 Å². The number of aromatic hydroxyl groups is 4. The highest BCUT2D eigenvalue weighted by atomic mass is 35.5. The molecule has 16 N–H and O–H groups in total. The van der Waals surface area contributed by atoms with E-state index < -0.39 is 131 Å². The van der Waals surface area contributed by atoms with Gasteiger partial charge >= 0.3 is 0 Å². The summed E-state index contributed by atoms with van der Waals surface area (Å²) in [6.45, 7) is 2.28. The zero-order valence-electron chi connectivity index (χ0n) is 43.2. The van der Waals surface area contributed by atoms with E-state index in [4.69, 9.17) is 32.5 Å². The number of phenolic OH excluding ortho intramolecular Hbond substituents is 4. The van der Waals surface area contributed by atoms with Gasteiger partial charge in [0.1, 0.15) is 77.2 Å². The molecule has 0 aromatic heterocycles. The van der Waals surface area contributed by atoms with E-state index in [1.165, 1.54) is 54.6 Å². The topological polar surface area (TPSA) is 384 Å². The second-order valence-corrected chi connectivity index (χ2v) is 20.2. The summed E-state index contributed by atoms with van der Waals surface area (Å²) in [7, 11) is 0. The number of hydrogen-bond donors (Lipinski definition) is 14. The molecule has 5 aromatic carbocycles. The Bertz CT molecular complexity index is 3220. The molecule has 23 nitrogen and oxygen atoms in total. The predicted octanol–water partition coefficient (Wildman–Crippen LogP) is 4.12. The molecule has 7 amide bonds. The van der Waals surface area contributed by atoms with Gasteiger partial charge in [0.15, 0.2) is 11.5 Å². The van der Waals surface area contributed by atoms with Crippen LogP contribution in [-0.2, 0) is 33.6 Å². The van der Waals surface area contributed by atoms with Crippen molar-refractivity contribution in [3.63, 3.8) is 0 Å². The molecule has 8 atom stereocenters. The minimum Gasteiger partial charge on any atom is -0.508 e. The Balaban J connectivity index is 1.29. The van der Waals surface area contributed by atoms with Gasteiger partial charge in [0.25, 0.3) is 0 Å². The van der Waals surface area contributed by atoms with Crippen LogP contribution >= 0.6 is 11.6 Å². The first-order chi connectivity index (χ1) is 38.2. The fraction of sp³-hybridized carbons (Fsp3) is 0.339. The lowest BCUT2D eigenvalue weighted by molar-refractivity contribution is -0.137. The molecule has 5 aliphatic heterocycles. The third-order valence-electron chi connectivity index (χ3n) is 14.0. The number of carbonyl (C=O) groups excluding carboxylic acids is 7. The van der Waals surface area contributed by atoms with Gasteiger partial charge in [-0.25, -0.2) is 0 Å². The van der Waals surface area contributed by atoms with E-state index in [-0.39, 0.29) is 62.0 Å². The fourth-order valence-corrected chi connectivity index (χ4v) is 9.91. The van der Waals surface area contributed by atoms with Crippen LogP contribution < -0.4 is 52.8 Å². The van der Waals surface area contributed by atoms with Gasteiger partial charge in [-0.15, -0.1) is 0 Å². The van der Waals surface area contributed by atoms with Crippen LogP contribution in [0.4, 0.5) is 0 Å². The second kappa shape index (κ2) is 25.0. The van der Waals surface area contributed by atoms with Crippen molar-refractivity contribution < 1.29 is 73.7 Å². The molecular weight excluding hydrogens is 1060 g/mol. The van der Waals surface area contributed by atoms with Crippen molar-refractivity contribution in [3.8, 4) is 57.1 Å². The lowest BCUT2D eigenvalue weighted by Gasteiger charge is -2.31. The normalized spacial score (nSPS) is 22.0. The highest BCUT2D eigenvalue weighted by molar-refractivity contribution is 6.32. The highest BCUT2D eigenvalue weighted by Gasteiger charge is 2.41. The van der Waals surface area contributed by atoms with Gasteiger partial charge in [-0.05, 0) is 88.8 Å². The lowest BCUT2D eigenvalue weighted by Crippen LogP contribution is -2.56. The van der Waals surface area contributed by atoms with E-state index in [1.807, 2.05) is 0 Å². The maximum Gasteiger partial charge on any atom is 0.248 e. The molecule has 5 aromatic rings. The first-order valence-electron chi connectivity index (χ1n) is 25.9. The van der Waals surface area contributed by atoms with Crippen molar-refractivity contribution >= 4 is 53.0 Å². The summed E-state index contributed by atoms with van der Waals surface area (Å²) in [5, 5.41) is 84.3. The Labute approximate surface area is 463 Å². The molecule has 80 heavy (non-hydrogen) atoms. The molecule has 0 fully saturated rings. The molecule has 0 saturated heterocycles. The third kappa shape index (κ3) is 12.9. The molecule has 11 bridgehead atoms. The molecular formula is C56H61ClN8O15.